The van der Waals surface area contributed by atoms with Crippen LogP contribution in [0.4, 0.5) is 5.69 Å². The van der Waals surface area contributed by atoms with Crippen molar-refractivity contribution in [1.82, 2.24) is 0 Å². The molecular formula is C12H20NO4P. The molecule has 0 radical (unpaired) electrons. The van der Waals surface area contributed by atoms with Gasteiger partial charge in [-0.3, -0.25) is 4.57 Å². The summed E-state index contributed by atoms with van der Waals surface area (Å²) in [5, 5.41) is 0. The molecule has 0 unspecified atom stereocenters. The van der Waals surface area contributed by atoms with E-state index in [-0.39, 0.29) is 6.35 Å². The summed E-state index contributed by atoms with van der Waals surface area (Å²) in [7, 11) is -3.18. The molecule has 18 heavy (non-hydrogen) atoms. The van der Waals surface area contributed by atoms with Crippen molar-refractivity contribution in [3.8, 4) is 5.75 Å². The molecule has 0 aliphatic heterocycles. The topological polar surface area (TPSA) is 70.8 Å². The van der Waals surface area contributed by atoms with Crippen molar-refractivity contribution in [1.29, 1.82) is 0 Å². The molecule has 1 rings (SSSR count). The number of aryl methyl sites for hydroxylation is 1. The zero-order valence-corrected chi connectivity index (χ0v) is 11.9. The highest BCUT2D eigenvalue weighted by Gasteiger charge is 2.24. The highest BCUT2D eigenvalue weighted by molar-refractivity contribution is 7.53. The number of benzene rings is 1. The first-order valence-corrected chi connectivity index (χ1v) is 7.60. The maximum Gasteiger partial charge on any atom is 0.367 e. The fourth-order valence-corrected chi connectivity index (χ4v) is 2.73. The van der Waals surface area contributed by atoms with Crippen molar-refractivity contribution in [3.63, 3.8) is 0 Å². The molecule has 0 saturated heterocycles. The van der Waals surface area contributed by atoms with E-state index in [1.165, 1.54) is 0 Å². The quantitative estimate of drug-likeness (QED) is 0.610. The molecule has 102 valence electrons. The monoisotopic (exact) mass is 273 g/mol. The molecule has 0 bridgehead atoms. The molecule has 5 nitrogen and oxygen atoms in total. The van der Waals surface area contributed by atoms with Crippen LogP contribution in [0.3, 0.4) is 0 Å². The van der Waals surface area contributed by atoms with Gasteiger partial charge in [-0.25, -0.2) is 0 Å². The molecule has 0 saturated carbocycles. The zero-order valence-electron chi connectivity index (χ0n) is 11.0. The minimum Gasteiger partial charge on any atom is -0.481 e. The Morgan fingerprint density at radius 2 is 1.83 bits per heavy atom. The Hall–Kier alpha value is -1.03. The lowest BCUT2D eigenvalue weighted by Crippen LogP contribution is -2.06. The fraction of sp³-hybridized carbons (Fsp3) is 0.500. The van der Waals surface area contributed by atoms with Crippen LogP contribution >= 0.6 is 7.60 Å². The van der Waals surface area contributed by atoms with Gasteiger partial charge in [0.25, 0.3) is 0 Å². The van der Waals surface area contributed by atoms with Crippen molar-refractivity contribution >= 4 is 13.3 Å². The van der Waals surface area contributed by atoms with Gasteiger partial charge in [0.05, 0.1) is 13.2 Å². The summed E-state index contributed by atoms with van der Waals surface area (Å²) in [6.07, 6.45) is -0.112. The minimum atomic E-state index is -3.18. The average Bonchev–Trinajstić information content (AvgIpc) is 2.31. The number of hydrogen-bond donors (Lipinski definition) is 1. The van der Waals surface area contributed by atoms with E-state index in [9.17, 15) is 4.57 Å². The Morgan fingerprint density at radius 1 is 1.22 bits per heavy atom. The lowest BCUT2D eigenvalue weighted by atomic mass is 10.2. The first kappa shape index (κ1) is 15.0. The largest absolute Gasteiger partial charge is 0.481 e. The number of rotatable bonds is 7. The van der Waals surface area contributed by atoms with Gasteiger partial charge in [0.1, 0.15) is 5.75 Å². The van der Waals surface area contributed by atoms with Crippen LogP contribution in [0.5, 0.6) is 5.75 Å². The number of hydrogen-bond acceptors (Lipinski definition) is 5. The third kappa shape index (κ3) is 4.33. The summed E-state index contributed by atoms with van der Waals surface area (Å²) in [5.74, 6) is 0.592. The molecule has 0 spiro atoms. The number of nitrogen functional groups attached to an aromatic ring is 1. The smallest absolute Gasteiger partial charge is 0.367 e. The van der Waals surface area contributed by atoms with Crippen molar-refractivity contribution in [3.05, 3.63) is 23.8 Å². The SMILES string of the molecule is CCOP(=O)(COc1cc(N)ccc1C)OCC. The van der Waals surface area contributed by atoms with Gasteiger partial charge >= 0.3 is 7.60 Å². The first-order valence-electron chi connectivity index (χ1n) is 5.88. The summed E-state index contributed by atoms with van der Waals surface area (Å²) >= 11 is 0. The normalized spacial score (nSPS) is 11.5. The second kappa shape index (κ2) is 6.78. The van der Waals surface area contributed by atoms with Gasteiger partial charge < -0.3 is 19.5 Å². The Balaban J connectivity index is 2.72. The molecule has 6 heteroatoms. The lowest BCUT2D eigenvalue weighted by molar-refractivity contribution is 0.196. The van der Waals surface area contributed by atoms with Crippen LogP contribution in [0.25, 0.3) is 0 Å². The Labute approximate surface area is 108 Å². The maximum atomic E-state index is 12.2. The first-order chi connectivity index (χ1) is 8.50. The molecule has 0 aromatic heterocycles. The lowest BCUT2D eigenvalue weighted by Gasteiger charge is -2.18. The molecule has 0 aliphatic carbocycles. The van der Waals surface area contributed by atoms with E-state index in [1.807, 2.05) is 13.0 Å². The highest BCUT2D eigenvalue weighted by Crippen LogP contribution is 2.48. The van der Waals surface area contributed by atoms with E-state index in [2.05, 4.69) is 0 Å². The van der Waals surface area contributed by atoms with Crippen LogP contribution in [0.15, 0.2) is 18.2 Å². The van der Waals surface area contributed by atoms with E-state index in [4.69, 9.17) is 19.5 Å². The van der Waals surface area contributed by atoms with Gasteiger partial charge in [0, 0.05) is 11.8 Å². The van der Waals surface area contributed by atoms with Crippen LogP contribution in [0, 0.1) is 6.92 Å². The Morgan fingerprint density at radius 3 is 2.39 bits per heavy atom. The predicted octanol–water partition coefficient (Wildman–Crippen LogP) is 3.18. The average molecular weight is 273 g/mol. The van der Waals surface area contributed by atoms with Gasteiger partial charge in [-0.15, -0.1) is 0 Å². The molecule has 0 heterocycles. The van der Waals surface area contributed by atoms with Crippen LogP contribution in [-0.2, 0) is 13.6 Å². The molecule has 0 aliphatic rings. The van der Waals surface area contributed by atoms with Gasteiger partial charge in [0.15, 0.2) is 6.35 Å². The third-order valence-electron chi connectivity index (χ3n) is 2.24. The van der Waals surface area contributed by atoms with Gasteiger partial charge in [-0.1, -0.05) is 6.07 Å². The molecule has 1 aromatic rings. The van der Waals surface area contributed by atoms with Crippen molar-refractivity contribution in [2.45, 2.75) is 20.8 Å². The van der Waals surface area contributed by atoms with Crippen LogP contribution in [0.2, 0.25) is 0 Å². The predicted molar refractivity (Wildman–Crippen MR) is 71.9 cm³/mol. The summed E-state index contributed by atoms with van der Waals surface area (Å²) in [6, 6.07) is 5.32. The molecule has 0 atom stereocenters. The van der Waals surface area contributed by atoms with Crippen molar-refractivity contribution in [2.24, 2.45) is 0 Å². The Kier molecular flexibility index (Phi) is 5.66. The fourth-order valence-electron chi connectivity index (χ4n) is 1.43. The minimum absolute atomic E-state index is 0.112. The summed E-state index contributed by atoms with van der Waals surface area (Å²) in [6.45, 7) is 6.04. The maximum absolute atomic E-state index is 12.2. The molecular weight excluding hydrogens is 253 g/mol. The van der Waals surface area contributed by atoms with Crippen molar-refractivity contribution < 1.29 is 18.3 Å². The van der Waals surface area contributed by atoms with Crippen LogP contribution in [-0.4, -0.2) is 19.6 Å². The molecule has 2 N–H and O–H groups in total. The van der Waals surface area contributed by atoms with Crippen LogP contribution in [0.1, 0.15) is 19.4 Å². The standard InChI is InChI=1S/C12H20NO4P/c1-4-16-18(14,17-5-2)9-15-12-8-11(13)7-6-10(12)3/h6-8H,4-5,9,13H2,1-3H3. The van der Waals surface area contributed by atoms with Crippen LogP contribution < -0.4 is 10.5 Å². The molecule has 1 aromatic carbocycles. The Bertz CT molecular complexity index is 426. The van der Waals surface area contributed by atoms with E-state index in [0.29, 0.717) is 24.7 Å². The van der Waals surface area contributed by atoms with E-state index < -0.39 is 7.60 Å². The van der Waals surface area contributed by atoms with E-state index in [0.717, 1.165) is 5.56 Å². The van der Waals surface area contributed by atoms with Gasteiger partial charge in [-0.2, -0.15) is 0 Å². The van der Waals surface area contributed by atoms with E-state index in [1.54, 1.807) is 26.0 Å². The third-order valence-corrected chi connectivity index (χ3v) is 3.99. The summed E-state index contributed by atoms with van der Waals surface area (Å²) < 4.78 is 28.0. The highest BCUT2D eigenvalue weighted by atomic mass is 31.2. The molecule has 0 amide bonds. The summed E-state index contributed by atoms with van der Waals surface area (Å²) in [5.41, 5.74) is 7.19. The number of nitrogens with two attached hydrogens (primary N) is 1. The van der Waals surface area contributed by atoms with Crippen molar-refractivity contribution in [2.75, 3.05) is 25.3 Å². The number of anilines is 1. The number of ether oxygens (including phenoxy) is 1. The zero-order chi connectivity index (χ0) is 13.6. The second-order valence-corrected chi connectivity index (χ2v) is 5.74. The molecule has 0 fully saturated rings. The van der Waals surface area contributed by atoms with E-state index >= 15 is 0 Å². The van der Waals surface area contributed by atoms with Gasteiger partial charge in [-0.05, 0) is 32.4 Å². The summed E-state index contributed by atoms with van der Waals surface area (Å²) in [4.78, 5) is 0. The van der Waals surface area contributed by atoms with Gasteiger partial charge in [0.2, 0.25) is 0 Å². The second-order valence-electron chi connectivity index (χ2n) is 3.74.